The lowest BCUT2D eigenvalue weighted by atomic mass is 9.98. The Labute approximate surface area is 279 Å². The fraction of sp³-hybridized carbons (Fsp3) is 0.361. The number of carbonyl (C=O) groups excluding carboxylic acids is 2. The number of aromatic amines is 1. The highest BCUT2D eigenvalue weighted by molar-refractivity contribution is 6.03. The number of H-pyrrole nitrogens is 1. The van der Waals surface area contributed by atoms with E-state index in [4.69, 9.17) is 14.5 Å². The minimum absolute atomic E-state index is 0.0814. The number of benzene rings is 1. The number of hydrogen-bond donors (Lipinski definition) is 1. The molecule has 1 aromatic carbocycles. The standard InChI is InChI=1S/C36H38N8O4/c1-36(2,3)48-35(46)44-16-6-9-31(44)33-41-22-29(42-33)26-19-39-32(40-20-26)24-12-10-23(11-13-24)25-17-28(38-18-25)30-8-5-15-43(30)34(45)47-27-7-4-14-37-21-27/h4,7,10-14,18-22,30-31H,5-6,8-9,15-17H2,1-3H3,(H,41,42)/t30-,31-/m0/s1. The van der Waals surface area contributed by atoms with Crippen LogP contribution in [0.4, 0.5) is 9.59 Å². The maximum atomic E-state index is 12.9. The first-order valence-corrected chi connectivity index (χ1v) is 16.3. The molecule has 0 bridgehead atoms. The van der Waals surface area contributed by atoms with Crippen molar-refractivity contribution in [3.63, 3.8) is 0 Å². The first-order valence-electron chi connectivity index (χ1n) is 16.3. The Bertz CT molecular complexity index is 1850. The zero-order valence-electron chi connectivity index (χ0n) is 27.3. The van der Waals surface area contributed by atoms with Gasteiger partial charge < -0.3 is 14.5 Å². The first kappa shape index (κ1) is 31.2. The fourth-order valence-corrected chi connectivity index (χ4v) is 6.42. The van der Waals surface area contributed by atoms with Gasteiger partial charge in [-0.25, -0.2) is 24.5 Å². The summed E-state index contributed by atoms with van der Waals surface area (Å²) in [7, 11) is 0. The molecule has 7 rings (SSSR count). The number of hydrogen-bond acceptors (Lipinski definition) is 9. The molecular weight excluding hydrogens is 608 g/mol. The van der Waals surface area contributed by atoms with Crippen LogP contribution in [0.2, 0.25) is 0 Å². The third kappa shape index (κ3) is 6.69. The van der Waals surface area contributed by atoms with Gasteiger partial charge >= 0.3 is 12.2 Å². The van der Waals surface area contributed by atoms with Crippen molar-refractivity contribution in [2.24, 2.45) is 4.99 Å². The van der Waals surface area contributed by atoms with E-state index in [0.717, 1.165) is 65.2 Å². The van der Waals surface area contributed by atoms with Gasteiger partial charge in [0.05, 0.1) is 30.2 Å². The molecule has 4 aromatic rings. The van der Waals surface area contributed by atoms with Crippen LogP contribution in [0.5, 0.6) is 5.75 Å². The number of pyridine rings is 1. The summed E-state index contributed by atoms with van der Waals surface area (Å²) in [4.78, 5) is 55.1. The van der Waals surface area contributed by atoms with Crippen LogP contribution in [0.15, 0.2) is 78.6 Å². The topological polar surface area (TPSA) is 139 Å². The summed E-state index contributed by atoms with van der Waals surface area (Å²) < 4.78 is 11.2. The predicted molar refractivity (Wildman–Crippen MR) is 180 cm³/mol. The van der Waals surface area contributed by atoms with Gasteiger partial charge in [0.2, 0.25) is 0 Å². The van der Waals surface area contributed by atoms with E-state index in [1.807, 2.05) is 39.1 Å². The summed E-state index contributed by atoms with van der Waals surface area (Å²) in [6.07, 6.45) is 13.9. The van der Waals surface area contributed by atoms with E-state index >= 15 is 0 Å². The molecule has 0 radical (unpaired) electrons. The molecule has 0 aliphatic carbocycles. The number of aliphatic imine (C=N–C) groups is 1. The third-order valence-corrected chi connectivity index (χ3v) is 8.74. The normalized spacial score (nSPS) is 19.3. The maximum absolute atomic E-state index is 12.9. The van der Waals surface area contributed by atoms with Crippen molar-refractivity contribution in [2.45, 2.75) is 70.6 Å². The van der Waals surface area contributed by atoms with Crippen LogP contribution in [0.1, 0.15) is 70.3 Å². The number of nitrogens with one attached hydrogen (secondary N) is 1. The third-order valence-electron chi connectivity index (χ3n) is 8.74. The number of allylic oxidation sites excluding steroid dienone is 1. The molecule has 48 heavy (non-hydrogen) atoms. The Kier molecular flexibility index (Phi) is 8.47. The van der Waals surface area contributed by atoms with E-state index < -0.39 is 5.60 Å². The zero-order valence-corrected chi connectivity index (χ0v) is 27.3. The summed E-state index contributed by atoms with van der Waals surface area (Å²) in [5, 5.41) is 0. The van der Waals surface area contributed by atoms with Gasteiger partial charge in [-0.3, -0.25) is 19.8 Å². The lowest BCUT2D eigenvalue weighted by Crippen LogP contribution is -2.41. The summed E-state index contributed by atoms with van der Waals surface area (Å²) in [6.45, 7) is 6.89. The minimum atomic E-state index is -0.554. The zero-order chi connectivity index (χ0) is 33.3. The molecule has 246 valence electrons. The van der Waals surface area contributed by atoms with Crippen molar-refractivity contribution in [2.75, 3.05) is 13.1 Å². The fourth-order valence-electron chi connectivity index (χ4n) is 6.42. The molecule has 3 aliphatic rings. The second kappa shape index (κ2) is 13.0. The predicted octanol–water partition coefficient (Wildman–Crippen LogP) is 6.85. The van der Waals surface area contributed by atoms with Crippen molar-refractivity contribution in [1.82, 2.24) is 34.7 Å². The van der Waals surface area contributed by atoms with Crippen LogP contribution in [0.25, 0.3) is 28.2 Å². The summed E-state index contributed by atoms with van der Waals surface area (Å²) in [6, 6.07) is 11.4. The maximum Gasteiger partial charge on any atom is 0.415 e. The molecule has 3 aromatic heterocycles. The molecule has 0 spiro atoms. The number of imidazole rings is 1. The Morgan fingerprint density at radius 3 is 2.25 bits per heavy atom. The second-order valence-corrected chi connectivity index (χ2v) is 13.2. The molecule has 6 heterocycles. The average molecular weight is 647 g/mol. The quantitative estimate of drug-likeness (QED) is 0.240. The van der Waals surface area contributed by atoms with Crippen LogP contribution in [0, 0.1) is 0 Å². The van der Waals surface area contributed by atoms with Gasteiger partial charge in [0.1, 0.15) is 11.4 Å². The van der Waals surface area contributed by atoms with Gasteiger partial charge in [-0.15, -0.1) is 0 Å². The highest BCUT2D eigenvalue weighted by atomic mass is 16.6. The van der Waals surface area contributed by atoms with Crippen LogP contribution >= 0.6 is 0 Å². The van der Waals surface area contributed by atoms with E-state index in [1.165, 1.54) is 6.20 Å². The van der Waals surface area contributed by atoms with Gasteiger partial charge in [-0.1, -0.05) is 24.3 Å². The number of likely N-dealkylation sites (tertiary alicyclic amines) is 2. The summed E-state index contributed by atoms with van der Waals surface area (Å²) in [5.41, 5.74) is 5.08. The van der Waals surface area contributed by atoms with Gasteiger partial charge in [0.25, 0.3) is 0 Å². The molecule has 2 saturated heterocycles. The van der Waals surface area contributed by atoms with Crippen molar-refractivity contribution in [3.05, 3.63) is 85.0 Å². The average Bonchev–Trinajstić information content (AvgIpc) is 3.91. The molecule has 0 unspecified atom stereocenters. The Hall–Kier alpha value is -5.39. The van der Waals surface area contributed by atoms with Crippen molar-refractivity contribution < 1.29 is 19.1 Å². The minimum Gasteiger partial charge on any atom is -0.444 e. The Balaban J connectivity index is 0.964. The summed E-state index contributed by atoms with van der Waals surface area (Å²) in [5.74, 6) is 1.77. The lowest BCUT2D eigenvalue weighted by molar-refractivity contribution is 0.0218. The highest BCUT2D eigenvalue weighted by Gasteiger charge is 2.36. The number of nitrogens with zero attached hydrogens (tertiary/aromatic N) is 7. The molecular formula is C36H38N8O4. The first-order chi connectivity index (χ1) is 23.2. The molecule has 12 nitrogen and oxygen atoms in total. The highest BCUT2D eigenvalue weighted by Crippen LogP contribution is 2.34. The molecule has 0 saturated carbocycles. The van der Waals surface area contributed by atoms with Gasteiger partial charge in [0.15, 0.2) is 11.6 Å². The molecule has 1 N–H and O–H groups in total. The molecule has 12 heteroatoms. The van der Waals surface area contributed by atoms with Crippen LogP contribution in [0.3, 0.4) is 0 Å². The number of aromatic nitrogens is 5. The van der Waals surface area contributed by atoms with Crippen molar-refractivity contribution in [3.8, 4) is 28.4 Å². The largest absolute Gasteiger partial charge is 0.444 e. The molecule has 2 atom stereocenters. The number of ether oxygens (including phenoxy) is 2. The molecule has 2 amide bonds. The SMILES string of the molecule is CC(C)(C)OC(=O)N1CCC[C@H]1c1ncc(-c2cnc(-c3ccc(C4=CN=C([C@@H]5CCCN5C(=O)Oc5cccnc5)C4)cc3)nc2)[nH]1. The van der Waals surface area contributed by atoms with Gasteiger partial charge in [-0.2, -0.15) is 0 Å². The Morgan fingerprint density at radius 2 is 1.54 bits per heavy atom. The lowest BCUT2D eigenvalue weighted by Gasteiger charge is -2.27. The smallest absolute Gasteiger partial charge is 0.415 e. The number of rotatable bonds is 6. The Morgan fingerprint density at radius 1 is 0.833 bits per heavy atom. The van der Waals surface area contributed by atoms with Crippen molar-refractivity contribution in [1.29, 1.82) is 0 Å². The van der Waals surface area contributed by atoms with E-state index in [0.29, 0.717) is 31.1 Å². The summed E-state index contributed by atoms with van der Waals surface area (Å²) >= 11 is 0. The van der Waals surface area contributed by atoms with Crippen LogP contribution in [-0.4, -0.2) is 77.4 Å². The van der Waals surface area contributed by atoms with E-state index in [-0.39, 0.29) is 24.3 Å². The van der Waals surface area contributed by atoms with Crippen LogP contribution < -0.4 is 4.74 Å². The monoisotopic (exact) mass is 646 g/mol. The molecule has 3 aliphatic heterocycles. The second-order valence-electron chi connectivity index (χ2n) is 13.2. The number of carbonyl (C=O) groups is 2. The van der Waals surface area contributed by atoms with Crippen LogP contribution in [-0.2, 0) is 4.74 Å². The van der Waals surface area contributed by atoms with Gasteiger partial charge in [0, 0.05) is 61.1 Å². The van der Waals surface area contributed by atoms with Gasteiger partial charge in [-0.05, 0) is 69.7 Å². The van der Waals surface area contributed by atoms with Crippen molar-refractivity contribution >= 4 is 23.5 Å². The number of amides is 2. The van der Waals surface area contributed by atoms with E-state index in [1.54, 1.807) is 46.7 Å². The molecule has 2 fully saturated rings. The van der Waals surface area contributed by atoms with E-state index in [9.17, 15) is 9.59 Å². The van der Waals surface area contributed by atoms with E-state index in [2.05, 4.69) is 37.1 Å².